The van der Waals surface area contributed by atoms with E-state index in [0.717, 1.165) is 24.5 Å². The first kappa shape index (κ1) is 22.5. The Balaban J connectivity index is 1.82. The number of nitrogens with one attached hydrogen (secondary N) is 1. The topological polar surface area (TPSA) is 80.6 Å². The highest BCUT2D eigenvalue weighted by Crippen LogP contribution is 2.30. The average molecular weight is 426 g/mol. The summed E-state index contributed by atoms with van der Waals surface area (Å²) in [6, 6.07) is 3.11. The van der Waals surface area contributed by atoms with E-state index in [-0.39, 0.29) is 23.7 Å². The molecule has 0 saturated heterocycles. The highest BCUT2D eigenvalue weighted by molar-refractivity contribution is 7.87. The van der Waals surface area contributed by atoms with Gasteiger partial charge in [0.2, 0.25) is 0 Å². The monoisotopic (exact) mass is 425 g/mol. The number of ether oxygens (including phenoxy) is 1. The van der Waals surface area contributed by atoms with Gasteiger partial charge in [-0.3, -0.25) is 4.79 Å². The van der Waals surface area contributed by atoms with Crippen LogP contribution in [-0.4, -0.2) is 50.1 Å². The van der Waals surface area contributed by atoms with Crippen LogP contribution in [-0.2, 0) is 21.4 Å². The lowest BCUT2D eigenvalue weighted by Crippen LogP contribution is -2.52. The van der Waals surface area contributed by atoms with Gasteiger partial charge in [-0.15, -0.1) is 0 Å². The molecule has 0 aromatic carbocycles. The fourth-order valence-corrected chi connectivity index (χ4v) is 5.37. The van der Waals surface area contributed by atoms with Crippen molar-refractivity contribution in [1.82, 2.24) is 13.6 Å². The van der Waals surface area contributed by atoms with Crippen LogP contribution in [0.3, 0.4) is 0 Å². The number of rotatable bonds is 7. The van der Waals surface area contributed by atoms with Gasteiger partial charge in [-0.25, -0.2) is 0 Å². The number of pyridine rings is 1. The van der Waals surface area contributed by atoms with Crippen molar-refractivity contribution in [1.29, 1.82) is 0 Å². The second kappa shape index (κ2) is 9.29. The van der Waals surface area contributed by atoms with Crippen LogP contribution in [0, 0.1) is 12.8 Å². The van der Waals surface area contributed by atoms with Gasteiger partial charge in [-0.05, 0) is 57.4 Å². The molecule has 1 aliphatic heterocycles. The van der Waals surface area contributed by atoms with Crippen molar-refractivity contribution in [2.24, 2.45) is 5.92 Å². The molecule has 0 radical (unpaired) electrons. The van der Waals surface area contributed by atoms with Crippen LogP contribution in [0.2, 0.25) is 0 Å². The van der Waals surface area contributed by atoms with Gasteiger partial charge < -0.3 is 9.30 Å². The first-order valence-electron chi connectivity index (χ1n) is 10.7. The predicted molar refractivity (Wildman–Crippen MR) is 114 cm³/mol. The standard InChI is InChI=1S/C21H35N3O4S/c1-5-16-7-11-18(12-8-16)28-14-20-19(22-29(26,27)23(3)4)13-10-17-9-6-15(2)21(25)24(17)20/h6,9,16,18-20,22H,5,7-8,10-14H2,1-4H3. The Morgan fingerprint density at radius 2 is 1.86 bits per heavy atom. The largest absolute Gasteiger partial charge is 0.376 e. The zero-order valence-corrected chi connectivity index (χ0v) is 18.9. The molecule has 1 saturated carbocycles. The van der Waals surface area contributed by atoms with Gasteiger partial charge in [-0.1, -0.05) is 19.4 Å². The van der Waals surface area contributed by atoms with Crippen molar-refractivity contribution in [3.8, 4) is 0 Å². The minimum absolute atomic E-state index is 0.0560. The molecule has 3 rings (SSSR count). The molecule has 0 amide bonds. The Morgan fingerprint density at radius 1 is 1.17 bits per heavy atom. The Morgan fingerprint density at radius 3 is 2.48 bits per heavy atom. The maximum Gasteiger partial charge on any atom is 0.279 e. The number of nitrogens with zero attached hydrogens (tertiary/aromatic N) is 2. The van der Waals surface area contributed by atoms with Crippen LogP contribution < -0.4 is 10.3 Å². The summed E-state index contributed by atoms with van der Waals surface area (Å²) in [7, 11) is -0.584. The predicted octanol–water partition coefficient (Wildman–Crippen LogP) is 2.39. The number of fused-ring (bicyclic) bond motifs is 1. The maximum atomic E-state index is 12.9. The zero-order valence-electron chi connectivity index (χ0n) is 18.1. The van der Waals surface area contributed by atoms with Gasteiger partial charge in [0.05, 0.1) is 18.8 Å². The molecule has 1 fully saturated rings. The molecule has 2 atom stereocenters. The molecule has 2 heterocycles. The normalized spacial score (nSPS) is 27.8. The lowest BCUT2D eigenvalue weighted by atomic mass is 9.86. The van der Waals surface area contributed by atoms with Gasteiger partial charge >= 0.3 is 0 Å². The average Bonchev–Trinajstić information content (AvgIpc) is 2.70. The van der Waals surface area contributed by atoms with Gasteiger partial charge in [0.25, 0.3) is 15.8 Å². The first-order chi connectivity index (χ1) is 13.7. The van der Waals surface area contributed by atoms with Crippen LogP contribution in [0.25, 0.3) is 0 Å². The fraction of sp³-hybridized carbons (Fsp3) is 0.762. The smallest absolute Gasteiger partial charge is 0.279 e. The Kier molecular flexibility index (Phi) is 7.19. The van der Waals surface area contributed by atoms with E-state index < -0.39 is 10.2 Å². The molecule has 1 aromatic heterocycles. The SMILES string of the molecule is CCC1CCC(OCC2C(NS(=O)(=O)N(C)C)CCc3ccc(C)c(=O)n32)CC1. The summed E-state index contributed by atoms with van der Waals surface area (Å²) in [5.74, 6) is 0.787. The van der Waals surface area contributed by atoms with E-state index >= 15 is 0 Å². The van der Waals surface area contributed by atoms with Crippen LogP contribution in [0.1, 0.15) is 62.7 Å². The number of aromatic nitrogens is 1. The summed E-state index contributed by atoms with van der Waals surface area (Å²) in [4.78, 5) is 12.9. The molecule has 1 aliphatic carbocycles. The van der Waals surface area contributed by atoms with Crippen molar-refractivity contribution in [2.75, 3.05) is 20.7 Å². The van der Waals surface area contributed by atoms with Crippen molar-refractivity contribution in [3.63, 3.8) is 0 Å². The van der Waals surface area contributed by atoms with E-state index in [1.165, 1.54) is 37.7 Å². The zero-order chi connectivity index (χ0) is 21.2. The minimum atomic E-state index is -3.60. The highest BCUT2D eigenvalue weighted by Gasteiger charge is 2.35. The second-order valence-corrected chi connectivity index (χ2v) is 10.6. The second-order valence-electron chi connectivity index (χ2n) is 8.68. The Hall–Kier alpha value is -1.22. The molecular weight excluding hydrogens is 390 g/mol. The maximum absolute atomic E-state index is 12.9. The fourth-order valence-electron chi connectivity index (χ4n) is 4.50. The number of hydrogen-bond donors (Lipinski definition) is 1. The lowest BCUT2D eigenvalue weighted by molar-refractivity contribution is -0.00702. The van der Waals surface area contributed by atoms with Crippen LogP contribution >= 0.6 is 0 Å². The summed E-state index contributed by atoms with van der Waals surface area (Å²) < 4.78 is 36.9. The van der Waals surface area contributed by atoms with E-state index in [9.17, 15) is 13.2 Å². The molecule has 164 valence electrons. The lowest BCUT2D eigenvalue weighted by Gasteiger charge is -2.37. The van der Waals surface area contributed by atoms with E-state index in [1.807, 2.05) is 12.1 Å². The number of hydrogen-bond acceptors (Lipinski definition) is 4. The van der Waals surface area contributed by atoms with Crippen molar-refractivity contribution in [2.45, 2.75) is 77.0 Å². The van der Waals surface area contributed by atoms with Crippen LogP contribution in [0.4, 0.5) is 0 Å². The van der Waals surface area contributed by atoms with E-state index in [4.69, 9.17) is 4.74 Å². The van der Waals surface area contributed by atoms with Crippen molar-refractivity contribution < 1.29 is 13.2 Å². The molecule has 2 unspecified atom stereocenters. The molecule has 0 spiro atoms. The summed E-state index contributed by atoms with van der Waals surface area (Å²) in [6.45, 7) is 4.38. The van der Waals surface area contributed by atoms with Gasteiger partial charge in [0.15, 0.2) is 0 Å². The van der Waals surface area contributed by atoms with Gasteiger partial charge in [-0.2, -0.15) is 17.4 Å². The molecule has 0 bridgehead atoms. The minimum Gasteiger partial charge on any atom is -0.376 e. The molecule has 2 aliphatic rings. The quantitative estimate of drug-likeness (QED) is 0.727. The van der Waals surface area contributed by atoms with Crippen LogP contribution in [0.15, 0.2) is 16.9 Å². The molecular formula is C21H35N3O4S. The van der Waals surface area contributed by atoms with E-state index in [2.05, 4.69) is 11.6 Å². The van der Waals surface area contributed by atoms with Crippen LogP contribution in [0.5, 0.6) is 0 Å². The molecule has 1 N–H and O–H groups in total. The molecule has 8 heteroatoms. The van der Waals surface area contributed by atoms with Crippen molar-refractivity contribution >= 4 is 10.2 Å². The van der Waals surface area contributed by atoms with E-state index in [0.29, 0.717) is 25.0 Å². The third-order valence-electron chi connectivity index (χ3n) is 6.55. The van der Waals surface area contributed by atoms with Gasteiger partial charge in [0.1, 0.15) is 0 Å². The molecule has 7 nitrogen and oxygen atoms in total. The first-order valence-corrected chi connectivity index (χ1v) is 12.2. The van der Waals surface area contributed by atoms with Gasteiger partial charge in [0, 0.05) is 31.4 Å². The highest BCUT2D eigenvalue weighted by atomic mass is 32.2. The summed E-state index contributed by atoms with van der Waals surface area (Å²) in [5, 5.41) is 0. The Labute approximate surface area is 174 Å². The molecule has 29 heavy (non-hydrogen) atoms. The number of aryl methyl sites for hydroxylation is 2. The molecule has 1 aromatic rings. The Bertz CT molecular complexity index is 857. The summed E-state index contributed by atoms with van der Waals surface area (Å²) in [5.41, 5.74) is 1.56. The third kappa shape index (κ3) is 5.10. The summed E-state index contributed by atoms with van der Waals surface area (Å²) >= 11 is 0. The summed E-state index contributed by atoms with van der Waals surface area (Å²) in [6.07, 6.45) is 7.14. The third-order valence-corrected chi connectivity index (χ3v) is 8.12. The van der Waals surface area contributed by atoms with Crippen molar-refractivity contribution in [3.05, 3.63) is 33.7 Å². The van der Waals surface area contributed by atoms with E-state index in [1.54, 1.807) is 11.5 Å².